The van der Waals surface area contributed by atoms with Crippen molar-refractivity contribution in [3.8, 4) is 11.5 Å². The molecule has 7 heteroatoms. The molecule has 0 spiro atoms. The molecule has 1 heterocycles. The van der Waals surface area contributed by atoms with Crippen LogP contribution in [-0.4, -0.2) is 46.0 Å². The lowest BCUT2D eigenvalue weighted by atomic mass is 10.3. The second-order valence-corrected chi connectivity index (χ2v) is 4.94. The fourth-order valence-corrected chi connectivity index (χ4v) is 2.08. The van der Waals surface area contributed by atoms with Crippen LogP contribution in [0.3, 0.4) is 0 Å². The number of methoxy groups -OCH3 is 1. The molecule has 0 atom stereocenters. The van der Waals surface area contributed by atoms with Crippen LogP contribution in [0, 0.1) is 0 Å². The van der Waals surface area contributed by atoms with Crippen LogP contribution in [0.1, 0.15) is 19.8 Å². The van der Waals surface area contributed by atoms with Gasteiger partial charge in [-0.15, -0.1) is 24.0 Å². The first-order valence-corrected chi connectivity index (χ1v) is 7.77. The van der Waals surface area contributed by atoms with E-state index in [9.17, 15) is 0 Å². The highest BCUT2D eigenvalue weighted by Gasteiger charge is 2.11. The van der Waals surface area contributed by atoms with Gasteiger partial charge in [-0.05, 0) is 25.5 Å². The van der Waals surface area contributed by atoms with Crippen LogP contribution in [0.5, 0.6) is 11.5 Å². The van der Waals surface area contributed by atoms with Crippen molar-refractivity contribution in [3.63, 3.8) is 0 Å². The number of nitrogens with one attached hydrogen (secondary N) is 2. The number of hydrogen-bond donors (Lipinski definition) is 2. The van der Waals surface area contributed by atoms with Gasteiger partial charge >= 0.3 is 0 Å². The predicted molar refractivity (Wildman–Crippen MR) is 104 cm³/mol. The molecule has 1 aliphatic rings. The van der Waals surface area contributed by atoms with Crippen LogP contribution in [0.2, 0.25) is 0 Å². The molecule has 1 aromatic rings. The molecule has 1 aromatic carbocycles. The molecule has 130 valence electrons. The summed E-state index contributed by atoms with van der Waals surface area (Å²) in [4.78, 5) is 4.52. The number of anilines is 1. The smallest absolute Gasteiger partial charge is 0.195 e. The van der Waals surface area contributed by atoms with Gasteiger partial charge in [0.25, 0.3) is 0 Å². The van der Waals surface area contributed by atoms with Crippen molar-refractivity contribution in [2.75, 3.05) is 45.3 Å². The normalized spacial score (nSPS) is 13.7. The number of ether oxygens (including phenoxy) is 3. The van der Waals surface area contributed by atoms with E-state index in [0.29, 0.717) is 26.4 Å². The Hall–Kier alpha value is -1.22. The Morgan fingerprint density at radius 2 is 2.04 bits per heavy atom. The number of guanidine groups is 1. The van der Waals surface area contributed by atoms with Crippen molar-refractivity contribution in [1.29, 1.82) is 0 Å². The molecular formula is C16H26IN3O3. The number of hydrogen-bond acceptors (Lipinski definition) is 4. The Kier molecular flexibility index (Phi) is 9.77. The molecule has 0 saturated carbocycles. The molecule has 1 aliphatic heterocycles. The van der Waals surface area contributed by atoms with E-state index in [0.717, 1.165) is 42.5 Å². The highest BCUT2D eigenvalue weighted by molar-refractivity contribution is 14.0. The maximum absolute atomic E-state index is 5.70. The number of halogens is 1. The predicted octanol–water partition coefficient (Wildman–Crippen LogP) is 2.88. The lowest BCUT2D eigenvalue weighted by molar-refractivity contribution is 0.197. The van der Waals surface area contributed by atoms with Crippen molar-refractivity contribution in [1.82, 2.24) is 5.32 Å². The number of fused-ring (bicyclic) bond motifs is 1. The van der Waals surface area contributed by atoms with Gasteiger partial charge in [-0.2, -0.15) is 0 Å². The Bertz CT molecular complexity index is 497. The summed E-state index contributed by atoms with van der Waals surface area (Å²) < 4.78 is 16.4. The SMILES string of the molecule is CCNC(=NCCCOC)Nc1ccc2c(c1)OCCCO2.I. The van der Waals surface area contributed by atoms with Crippen molar-refractivity contribution in [2.24, 2.45) is 4.99 Å². The van der Waals surface area contributed by atoms with Gasteiger partial charge in [0.05, 0.1) is 13.2 Å². The first-order chi connectivity index (χ1) is 10.8. The van der Waals surface area contributed by atoms with E-state index < -0.39 is 0 Å². The summed E-state index contributed by atoms with van der Waals surface area (Å²) in [5.41, 5.74) is 0.927. The van der Waals surface area contributed by atoms with Gasteiger partial charge in [-0.1, -0.05) is 0 Å². The van der Waals surface area contributed by atoms with Crippen molar-refractivity contribution in [2.45, 2.75) is 19.8 Å². The summed E-state index contributed by atoms with van der Waals surface area (Å²) >= 11 is 0. The lowest BCUT2D eigenvalue weighted by Gasteiger charge is -2.13. The highest BCUT2D eigenvalue weighted by atomic mass is 127. The third-order valence-electron chi connectivity index (χ3n) is 3.13. The van der Waals surface area contributed by atoms with Gasteiger partial charge in [0.2, 0.25) is 0 Å². The Morgan fingerprint density at radius 3 is 2.78 bits per heavy atom. The van der Waals surface area contributed by atoms with E-state index in [4.69, 9.17) is 14.2 Å². The van der Waals surface area contributed by atoms with Crippen LogP contribution in [-0.2, 0) is 4.74 Å². The Morgan fingerprint density at radius 1 is 1.26 bits per heavy atom. The molecule has 0 unspecified atom stereocenters. The molecule has 2 N–H and O–H groups in total. The standard InChI is InChI=1S/C16H25N3O3.HI/c1-3-17-16(18-8-4-9-20-2)19-13-6-7-14-15(12-13)22-11-5-10-21-14;/h6-7,12H,3-5,8-11H2,1-2H3,(H2,17,18,19);1H. The average molecular weight is 435 g/mol. The molecule has 23 heavy (non-hydrogen) atoms. The zero-order valence-corrected chi connectivity index (χ0v) is 16.1. The van der Waals surface area contributed by atoms with Crippen LogP contribution in [0.25, 0.3) is 0 Å². The molecule has 0 radical (unpaired) electrons. The molecule has 2 rings (SSSR count). The third-order valence-corrected chi connectivity index (χ3v) is 3.13. The van der Waals surface area contributed by atoms with Crippen LogP contribution in [0.4, 0.5) is 5.69 Å². The summed E-state index contributed by atoms with van der Waals surface area (Å²) in [6.45, 7) is 5.66. The first kappa shape index (κ1) is 19.8. The largest absolute Gasteiger partial charge is 0.490 e. The third kappa shape index (κ3) is 6.82. The second-order valence-electron chi connectivity index (χ2n) is 4.94. The van der Waals surface area contributed by atoms with Crippen molar-refractivity contribution < 1.29 is 14.2 Å². The molecule has 0 amide bonds. The quantitative estimate of drug-likeness (QED) is 0.312. The minimum atomic E-state index is 0. The Labute approximate surface area is 155 Å². The molecular weight excluding hydrogens is 409 g/mol. The summed E-state index contributed by atoms with van der Waals surface area (Å²) in [7, 11) is 1.70. The van der Waals surface area contributed by atoms with E-state index >= 15 is 0 Å². The lowest BCUT2D eigenvalue weighted by Crippen LogP contribution is -2.30. The summed E-state index contributed by atoms with van der Waals surface area (Å²) in [6, 6.07) is 5.84. The molecule has 0 bridgehead atoms. The van der Waals surface area contributed by atoms with Gasteiger partial charge in [-0.3, -0.25) is 4.99 Å². The van der Waals surface area contributed by atoms with Crippen molar-refractivity contribution in [3.05, 3.63) is 18.2 Å². The minimum Gasteiger partial charge on any atom is -0.490 e. The summed E-state index contributed by atoms with van der Waals surface area (Å²) in [5, 5.41) is 6.52. The maximum Gasteiger partial charge on any atom is 0.195 e. The maximum atomic E-state index is 5.70. The molecule has 0 saturated heterocycles. The molecule has 0 aliphatic carbocycles. The summed E-state index contributed by atoms with van der Waals surface area (Å²) in [5.74, 6) is 2.33. The topological polar surface area (TPSA) is 64.1 Å². The van der Waals surface area contributed by atoms with Gasteiger partial charge in [0, 0.05) is 45.0 Å². The van der Waals surface area contributed by atoms with E-state index in [1.54, 1.807) is 7.11 Å². The van der Waals surface area contributed by atoms with E-state index in [1.807, 2.05) is 25.1 Å². The number of nitrogens with zero attached hydrogens (tertiary/aromatic N) is 1. The van der Waals surface area contributed by atoms with Gasteiger partial charge in [-0.25, -0.2) is 0 Å². The van der Waals surface area contributed by atoms with E-state index in [2.05, 4.69) is 15.6 Å². The fourth-order valence-electron chi connectivity index (χ4n) is 2.08. The van der Waals surface area contributed by atoms with Crippen LogP contribution < -0.4 is 20.1 Å². The van der Waals surface area contributed by atoms with Crippen LogP contribution >= 0.6 is 24.0 Å². The second kappa shape index (κ2) is 11.3. The zero-order valence-electron chi connectivity index (χ0n) is 13.8. The highest BCUT2D eigenvalue weighted by Crippen LogP contribution is 2.32. The van der Waals surface area contributed by atoms with Gasteiger partial charge < -0.3 is 24.8 Å². The summed E-state index contributed by atoms with van der Waals surface area (Å²) in [6.07, 6.45) is 1.80. The monoisotopic (exact) mass is 435 g/mol. The van der Waals surface area contributed by atoms with Gasteiger partial charge in [0.1, 0.15) is 0 Å². The number of benzene rings is 1. The molecule has 0 fully saturated rings. The molecule has 0 aromatic heterocycles. The molecule has 6 nitrogen and oxygen atoms in total. The Balaban J connectivity index is 0.00000264. The van der Waals surface area contributed by atoms with Crippen molar-refractivity contribution >= 4 is 35.6 Å². The van der Waals surface area contributed by atoms with Gasteiger partial charge in [0.15, 0.2) is 17.5 Å². The van der Waals surface area contributed by atoms with E-state index in [-0.39, 0.29) is 24.0 Å². The minimum absolute atomic E-state index is 0. The number of rotatable bonds is 6. The first-order valence-electron chi connectivity index (χ1n) is 7.77. The zero-order chi connectivity index (χ0) is 15.6. The number of aliphatic imine (C=N–C) groups is 1. The van der Waals surface area contributed by atoms with E-state index in [1.165, 1.54) is 0 Å². The average Bonchev–Trinajstić information content (AvgIpc) is 2.76. The van der Waals surface area contributed by atoms with Crippen LogP contribution in [0.15, 0.2) is 23.2 Å². The fraction of sp³-hybridized carbons (Fsp3) is 0.562.